The first-order chi connectivity index (χ1) is 14.8. The van der Waals surface area contributed by atoms with Crippen LogP contribution >= 0.6 is 0 Å². The number of urea groups is 1. The maximum absolute atomic E-state index is 13.1. The first-order valence-corrected chi connectivity index (χ1v) is 9.87. The van der Waals surface area contributed by atoms with Gasteiger partial charge in [-0.2, -0.15) is 0 Å². The van der Waals surface area contributed by atoms with Crippen LogP contribution in [0.4, 0.5) is 9.18 Å². The maximum atomic E-state index is 13.1. The summed E-state index contributed by atoms with van der Waals surface area (Å²) in [6.07, 6.45) is 0. The van der Waals surface area contributed by atoms with Crippen molar-refractivity contribution in [2.75, 3.05) is 19.8 Å². The number of halogens is 1. The first kappa shape index (κ1) is 20.6. The Balaban J connectivity index is 1.46. The van der Waals surface area contributed by atoms with E-state index in [0.29, 0.717) is 35.8 Å². The quantitative estimate of drug-likeness (QED) is 0.714. The molecule has 0 saturated carbocycles. The van der Waals surface area contributed by atoms with Gasteiger partial charge in [0.25, 0.3) is 5.91 Å². The van der Waals surface area contributed by atoms with E-state index in [0.717, 1.165) is 4.90 Å². The van der Waals surface area contributed by atoms with Crippen molar-refractivity contribution >= 4 is 17.8 Å². The number of rotatable bonds is 5. The van der Waals surface area contributed by atoms with Gasteiger partial charge in [-0.3, -0.25) is 14.5 Å². The number of hydrogen-bond acceptors (Lipinski definition) is 5. The van der Waals surface area contributed by atoms with Crippen LogP contribution in [0.25, 0.3) is 0 Å². The van der Waals surface area contributed by atoms with Gasteiger partial charge in [-0.15, -0.1) is 0 Å². The number of benzene rings is 2. The van der Waals surface area contributed by atoms with E-state index in [-0.39, 0.29) is 5.82 Å². The Morgan fingerprint density at radius 3 is 2.55 bits per heavy atom. The van der Waals surface area contributed by atoms with Crippen molar-refractivity contribution in [2.45, 2.75) is 25.4 Å². The van der Waals surface area contributed by atoms with Gasteiger partial charge >= 0.3 is 6.03 Å². The number of nitrogens with one attached hydrogen (secondary N) is 2. The van der Waals surface area contributed by atoms with Crippen molar-refractivity contribution in [3.05, 3.63) is 59.4 Å². The Hall–Kier alpha value is -3.62. The fourth-order valence-electron chi connectivity index (χ4n) is 3.66. The molecule has 4 rings (SSSR count). The van der Waals surface area contributed by atoms with Crippen molar-refractivity contribution in [1.82, 2.24) is 15.5 Å². The number of amides is 4. The lowest BCUT2D eigenvalue weighted by molar-refractivity contribution is -0.135. The summed E-state index contributed by atoms with van der Waals surface area (Å²) in [5.41, 5.74) is -0.110. The normalized spacial score (nSPS) is 20.9. The van der Waals surface area contributed by atoms with E-state index in [1.807, 2.05) is 0 Å². The van der Waals surface area contributed by atoms with Gasteiger partial charge in [0.1, 0.15) is 31.1 Å². The molecule has 162 valence electrons. The highest BCUT2D eigenvalue weighted by molar-refractivity contribution is 6.09. The molecule has 0 aromatic heterocycles. The minimum Gasteiger partial charge on any atom is -0.486 e. The SMILES string of the molecule is CC(NC(=O)CN1C(=O)NC(C)(c2ccc3c(c2)OCCO3)C1=O)c1ccc(F)cc1. The molecule has 9 heteroatoms. The molecule has 2 aromatic rings. The van der Waals surface area contributed by atoms with E-state index in [1.165, 1.54) is 12.1 Å². The van der Waals surface area contributed by atoms with Crippen LogP contribution in [0, 0.1) is 5.82 Å². The first-order valence-electron chi connectivity index (χ1n) is 9.87. The van der Waals surface area contributed by atoms with E-state index in [9.17, 15) is 18.8 Å². The molecule has 1 fully saturated rings. The number of carbonyl (C=O) groups excluding carboxylic acids is 3. The summed E-state index contributed by atoms with van der Waals surface area (Å²) in [5, 5.41) is 5.39. The Bertz CT molecular complexity index is 1040. The fourth-order valence-corrected chi connectivity index (χ4v) is 3.66. The second-order valence-electron chi connectivity index (χ2n) is 7.65. The molecule has 2 aliphatic rings. The number of hydrogen-bond donors (Lipinski definition) is 2. The number of imide groups is 1. The van der Waals surface area contributed by atoms with Gasteiger partial charge in [0.15, 0.2) is 11.5 Å². The van der Waals surface area contributed by atoms with Gasteiger partial charge in [0, 0.05) is 0 Å². The minimum absolute atomic E-state index is 0.375. The van der Waals surface area contributed by atoms with E-state index in [1.54, 1.807) is 44.2 Å². The average Bonchev–Trinajstić information content (AvgIpc) is 2.97. The summed E-state index contributed by atoms with van der Waals surface area (Å²) in [6.45, 7) is 3.72. The Morgan fingerprint density at radius 2 is 1.84 bits per heavy atom. The summed E-state index contributed by atoms with van der Waals surface area (Å²) >= 11 is 0. The molecule has 8 nitrogen and oxygen atoms in total. The second kappa shape index (κ2) is 7.90. The summed E-state index contributed by atoms with van der Waals surface area (Å²) < 4.78 is 24.1. The molecular weight excluding hydrogens is 405 g/mol. The van der Waals surface area contributed by atoms with Crippen LogP contribution in [0.15, 0.2) is 42.5 Å². The largest absolute Gasteiger partial charge is 0.486 e. The van der Waals surface area contributed by atoms with Gasteiger partial charge in [0.2, 0.25) is 5.91 Å². The standard InChI is InChI=1S/C22H22FN3O5/c1-13(14-3-6-16(23)7-4-14)24-19(27)12-26-20(28)22(2,25-21(26)29)15-5-8-17-18(11-15)31-10-9-30-17/h3-8,11,13H,9-10,12H2,1-2H3,(H,24,27)(H,25,29). The number of carbonyl (C=O) groups is 3. The molecule has 0 aliphatic carbocycles. The molecule has 0 spiro atoms. The second-order valence-corrected chi connectivity index (χ2v) is 7.65. The Labute approximate surface area is 178 Å². The van der Waals surface area contributed by atoms with Gasteiger partial charge in [-0.1, -0.05) is 18.2 Å². The van der Waals surface area contributed by atoms with Gasteiger partial charge in [-0.05, 0) is 49.2 Å². The van der Waals surface area contributed by atoms with Gasteiger partial charge in [0.05, 0.1) is 6.04 Å². The van der Waals surface area contributed by atoms with Crippen LogP contribution in [0.2, 0.25) is 0 Å². The third-order valence-corrected chi connectivity index (χ3v) is 5.44. The molecule has 2 unspecified atom stereocenters. The van der Waals surface area contributed by atoms with E-state index < -0.39 is 36.0 Å². The molecule has 2 aromatic carbocycles. The zero-order valence-corrected chi connectivity index (χ0v) is 17.1. The molecule has 2 aliphatic heterocycles. The summed E-state index contributed by atoms with van der Waals surface area (Å²) in [5.74, 6) is -0.358. The predicted molar refractivity (Wildman–Crippen MR) is 108 cm³/mol. The summed E-state index contributed by atoms with van der Waals surface area (Å²) in [6, 6.07) is 9.68. The number of fused-ring (bicyclic) bond motifs is 1. The lowest BCUT2D eigenvalue weighted by atomic mass is 9.91. The van der Waals surface area contributed by atoms with Crippen LogP contribution in [0.1, 0.15) is 31.0 Å². The van der Waals surface area contributed by atoms with Crippen LogP contribution < -0.4 is 20.1 Å². The zero-order chi connectivity index (χ0) is 22.2. The van der Waals surface area contributed by atoms with Gasteiger partial charge < -0.3 is 20.1 Å². The average molecular weight is 427 g/mol. The van der Waals surface area contributed by atoms with Crippen LogP contribution in [0.5, 0.6) is 11.5 Å². The summed E-state index contributed by atoms with van der Waals surface area (Å²) in [7, 11) is 0. The minimum atomic E-state index is -1.34. The van der Waals surface area contributed by atoms with E-state index >= 15 is 0 Å². The van der Waals surface area contributed by atoms with Crippen molar-refractivity contribution < 1.29 is 28.2 Å². The number of nitrogens with zero attached hydrogens (tertiary/aromatic N) is 1. The molecule has 2 heterocycles. The highest BCUT2D eigenvalue weighted by Crippen LogP contribution is 2.36. The Morgan fingerprint density at radius 1 is 1.16 bits per heavy atom. The Kier molecular flexibility index (Phi) is 5.26. The van der Waals surface area contributed by atoms with E-state index in [2.05, 4.69) is 10.6 Å². The molecule has 31 heavy (non-hydrogen) atoms. The lowest BCUT2D eigenvalue weighted by Gasteiger charge is -2.25. The molecule has 0 radical (unpaired) electrons. The maximum Gasteiger partial charge on any atom is 0.325 e. The molecule has 1 saturated heterocycles. The van der Waals surface area contributed by atoms with Crippen LogP contribution in [-0.2, 0) is 15.1 Å². The van der Waals surface area contributed by atoms with Crippen LogP contribution in [-0.4, -0.2) is 42.5 Å². The predicted octanol–water partition coefficient (Wildman–Crippen LogP) is 2.24. The third kappa shape index (κ3) is 3.90. The van der Waals surface area contributed by atoms with Crippen molar-refractivity contribution in [3.8, 4) is 11.5 Å². The zero-order valence-electron chi connectivity index (χ0n) is 17.1. The highest BCUT2D eigenvalue weighted by atomic mass is 19.1. The fraction of sp³-hybridized carbons (Fsp3) is 0.318. The molecular formula is C22H22FN3O5. The third-order valence-electron chi connectivity index (χ3n) is 5.44. The highest BCUT2D eigenvalue weighted by Gasteiger charge is 2.49. The number of ether oxygens (including phenoxy) is 2. The smallest absolute Gasteiger partial charge is 0.325 e. The molecule has 4 amide bonds. The van der Waals surface area contributed by atoms with Crippen molar-refractivity contribution in [2.24, 2.45) is 0 Å². The van der Waals surface area contributed by atoms with Crippen molar-refractivity contribution in [1.29, 1.82) is 0 Å². The molecule has 2 atom stereocenters. The lowest BCUT2D eigenvalue weighted by Crippen LogP contribution is -2.43. The van der Waals surface area contributed by atoms with Gasteiger partial charge in [-0.25, -0.2) is 9.18 Å². The molecule has 2 N–H and O–H groups in total. The summed E-state index contributed by atoms with van der Waals surface area (Å²) in [4.78, 5) is 39.0. The monoisotopic (exact) mass is 427 g/mol. The topological polar surface area (TPSA) is 97.0 Å². The van der Waals surface area contributed by atoms with E-state index in [4.69, 9.17) is 9.47 Å². The molecule has 0 bridgehead atoms. The van der Waals surface area contributed by atoms with Crippen LogP contribution in [0.3, 0.4) is 0 Å². The van der Waals surface area contributed by atoms with Crippen molar-refractivity contribution in [3.63, 3.8) is 0 Å².